The number of nitrogens with one attached hydrogen (secondary N) is 1. The molecule has 2 heterocycles. The minimum absolute atomic E-state index is 0.111. The van der Waals surface area contributed by atoms with Crippen LogP contribution in [0.3, 0.4) is 0 Å². The third-order valence-corrected chi connectivity index (χ3v) is 3.97. The molecule has 0 aliphatic heterocycles. The van der Waals surface area contributed by atoms with E-state index in [1.807, 2.05) is 14.0 Å². The van der Waals surface area contributed by atoms with Crippen molar-refractivity contribution in [3.05, 3.63) is 23.5 Å². The summed E-state index contributed by atoms with van der Waals surface area (Å²) in [5.74, 6) is 0.716. The average Bonchev–Trinajstić information content (AvgIpc) is 2.85. The first kappa shape index (κ1) is 17.4. The second kappa shape index (κ2) is 7.55. The molecular weight excluding hydrogens is 292 g/mol. The molecule has 2 aromatic heterocycles. The minimum atomic E-state index is -0.111. The Bertz CT molecular complexity index is 679. The van der Waals surface area contributed by atoms with Gasteiger partial charge in [-0.05, 0) is 37.7 Å². The highest BCUT2D eigenvalue weighted by atomic mass is 16.3. The number of hydrogen-bond donors (Lipinski definition) is 2. The van der Waals surface area contributed by atoms with Crippen molar-refractivity contribution in [3.63, 3.8) is 0 Å². The Hall–Kier alpha value is -1.95. The number of amides is 1. The number of fused-ring (bicyclic) bond motifs is 1. The van der Waals surface area contributed by atoms with Crippen LogP contribution in [0.5, 0.6) is 0 Å². The Morgan fingerprint density at radius 2 is 2.17 bits per heavy atom. The van der Waals surface area contributed by atoms with Gasteiger partial charge in [-0.2, -0.15) is 5.10 Å². The van der Waals surface area contributed by atoms with Crippen LogP contribution in [0.15, 0.2) is 12.3 Å². The predicted molar refractivity (Wildman–Crippen MR) is 90.2 cm³/mol. The lowest BCUT2D eigenvalue weighted by molar-refractivity contribution is 0.0943. The zero-order chi connectivity index (χ0) is 17.0. The molecule has 23 heavy (non-hydrogen) atoms. The molecule has 1 amide bonds. The average molecular weight is 318 g/mol. The zero-order valence-electron chi connectivity index (χ0n) is 14.3. The van der Waals surface area contributed by atoms with Crippen molar-refractivity contribution in [2.24, 2.45) is 18.9 Å². The molecular formula is C17H26N4O2. The molecule has 2 rings (SSSR count). The Labute approximate surface area is 136 Å². The maximum atomic E-state index is 12.6. The lowest BCUT2D eigenvalue weighted by atomic mass is 9.94. The highest BCUT2D eigenvalue weighted by molar-refractivity contribution is 6.05. The van der Waals surface area contributed by atoms with Crippen molar-refractivity contribution in [1.29, 1.82) is 0 Å². The number of pyridine rings is 1. The Kier molecular flexibility index (Phi) is 5.71. The second-order valence-corrected chi connectivity index (χ2v) is 6.53. The monoisotopic (exact) mass is 318 g/mol. The number of aliphatic hydroxyl groups excluding tert-OH is 1. The van der Waals surface area contributed by atoms with Gasteiger partial charge in [-0.1, -0.05) is 13.8 Å². The number of aryl methyl sites for hydroxylation is 2. The number of hydrogen-bond acceptors (Lipinski definition) is 4. The predicted octanol–water partition coefficient (Wildman–Crippen LogP) is 2.05. The van der Waals surface area contributed by atoms with Gasteiger partial charge in [0.05, 0.1) is 17.1 Å². The number of rotatable bonds is 7. The molecule has 1 unspecified atom stereocenters. The van der Waals surface area contributed by atoms with E-state index in [0.717, 1.165) is 17.5 Å². The van der Waals surface area contributed by atoms with Crippen LogP contribution < -0.4 is 5.32 Å². The number of carbonyl (C=O) groups is 1. The lowest BCUT2D eigenvalue weighted by Gasteiger charge is -2.18. The van der Waals surface area contributed by atoms with Gasteiger partial charge in [0.1, 0.15) is 0 Å². The molecule has 0 aliphatic carbocycles. The molecule has 2 aromatic rings. The van der Waals surface area contributed by atoms with Crippen molar-refractivity contribution in [1.82, 2.24) is 20.1 Å². The van der Waals surface area contributed by atoms with Gasteiger partial charge in [0, 0.05) is 25.9 Å². The first-order valence-electron chi connectivity index (χ1n) is 8.10. The molecule has 0 aromatic carbocycles. The molecule has 126 valence electrons. The first-order chi connectivity index (χ1) is 10.9. The van der Waals surface area contributed by atoms with Crippen molar-refractivity contribution in [3.8, 4) is 0 Å². The van der Waals surface area contributed by atoms with Gasteiger partial charge in [-0.15, -0.1) is 0 Å². The highest BCUT2D eigenvalue weighted by Gasteiger charge is 2.17. The van der Waals surface area contributed by atoms with Crippen LogP contribution in [0.4, 0.5) is 0 Å². The Balaban J connectivity index is 2.14. The van der Waals surface area contributed by atoms with Crippen LogP contribution in [0.25, 0.3) is 11.0 Å². The summed E-state index contributed by atoms with van der Waals surface area (Å²) in [6.07, 6.45) is 3.37. The topological polar surface area (TPSA) is 80.0 Å². The van der Waals surface area contributed by atoms with E-state index in [-0.39, 0.29) is 18.4 Å². The van der Waals surface area contributed by atoms with Crippen LogP contribution in [-0.2, 0) is 7.05 Å². The van der Waals surface area contributed by atoms with Crippen molar-refractivity contribution >= 4 is 16.9 Å². The highest BCUT2D eigenvalue weighted by Crippen LogP contribution is 2.18. The Morgan fingerprint density at radius 1 is 1.43 bits per heavy atom. The smallest absolute Gasteiger partial charge is 0.252 e. The Morgan fingerprint density at radius 3 is 2.83 bits per heavy atom. The molecule has 2 N–H and O–H groups in total. The molecule has 0 fully saturated rings. The molecule has 1 atom stereocenters. The van der Waals surface area contributed by atoms with Crippen LogP contribution in [0.2, 0.25) is 0 Å². The van der Waals surface area contributed by atoms with Gasteiger partial charge >= 0.3 is 0 Å². The number of aliphatic hydroxyl groups is 1. The summed E-state index contributed by atoms with van der Waals surface area (Å²) < 4.78 is 1.67. The van der Waals surface area contributed by atoms with E-state index in [4.69, 9.17) is 0 Å². The van der Waals surface area contributed by atoms with Crippen molar-refractivity contribution in [2.75, 3.05) is 13.2 Å². The summed E-state index contributed by atoms with van der Waals surface area (Å²) in [5.41, 5.74) is 2.11. The molecule has 6 nitrogen and oxygen atoms in total. The lowest BCUT2D eigenvalue weighted by Crippen LogP contribution is -2.30. The van der Waals surface area contributed by atoms with E-state index in [2.05, 4.69) is 29.2 Å². The van der Waals surface area contributed by atoms with Gasteiger partial charge in [0.15, 0.2) is 5.65 Å². The molecule has 0 radical (unpaired) electrons. The van der Waals surface area contributed by atoms with E-state index in [1.165, 1.54) is 0 Å². The summed E-state index contributed by atoms with van der Waals surface area (Å²) in [4.78, 5) is 17.0. The molecule has 0 saturated carbocycles. The van der Waals surface area contributed by atoms with E-state index in [1.54, 1.807) is 16.9 Å². The fourth-order valence-electron chi connectivity index (χ4n) is 2.91. The maximum absolute atomic E-state index is 12.6. The summed E-state index contributed by atoms with van der Waals surface area (Å²) in [6.45, 7) is 6.89. The van der Waals surface area contributed by atoms with E-state index < -0.39 is 0 Å². The molecule has 6 heteroatoms. The van der Waals surface area contributed by atoms with Crippen LogP contribution in [0, 0.1) is 18.8 Å². The normalized spacial score (nSPS) is 12.8. The van der Waals surface area contributed by atoms with Crippen LogP contribution in [0.1, 0.15) is 42.7 Å². The van der Waals surface area contributed by atoms with Crippen molar-refractivity contribution in [2.45, 2.75) is 33.6 Å². The van der Waals surface area contributed by atoms with Gasteiger partial charge in [0.25, 0.3) is 5.91 Å². The van der Waals surface area contributed by atoms with Gasteiger partial charge in [-0.25, -0.2) is 4.98 Å². The zero-order valence-corrected chi connectivity index (χ0v) is 14.3. The summed E-state index contributed by atoms with van der Waals surface area (Å²) >= 11 is 0. The van der Waals surface area contributed by atoms with E-state index >= 15 is 0 Å². The van der Waals surface area contributed by atoms with Crippen LogP contribution >= 0.6 is 0 Å². The standard InChI is InChI=1S/C17H26N4O2/c1-11(2)7-13(5-6-22)9-18-17(23)14-8-12(3)20-16-15(14)10-19-21(16)4/h8,10-11,13,22H,5-7,9H2,1-4H3,(H,18,23). The number of aromatic nitrogens is 3. The van der Waals surface area contributed by atoms with Gasteiger partial charge in [-0.3, -0.25) is 9.48 Å². The second-order valence-electron chi connectivity index (χ2n) is 6.53. The molecule has 0 spiro atoms. The van der Waals surface area contributed by atoms with E-state index in [0.29, 0.717) is 30.1 Å². The molecule has 0 saturated heterocycles. The summed E-state index contributed by atoms with van der Waals surface area (Å²) in [7, 11) is 1.82. The minimum Gasteiger partial charge on any atom is -0.396 e. The number of nitrogens with zero attached hydrogens (tertiary/aromatic N) is 3. The van der Waals surface area contributed by atoms with Gasteiger partial charge < -0.3 is 10.4 Å². The fourth-order valence-corrected chi connectivity index (χ4v) is 2.91. The first-order valence-corrected chi connectivity index (χ1v) is 8.10. The maximum Gasteiger partial charge on any atom is 0.252 e. The SMILES string of the molecule is Cc1cc(C(=O)NCC(CCO)CC(C)C)c2cnn(C)c2n1. The molecule has 0 bridgehead atoms. The fraction of sp³-hybridized carbons (Fsp3) is 0.588. The van der Waals surface area contributed by atoms with Gasteiger partial charge in [0.2, 0.25) is 0 Å². The quantitative estimate of drug-likeness (QED) is 0.819. The summed E-state index contributed by atoms with van der Waals surface area (Å²) in [6, 6.07) is 1.79. The third-order valence-electron chi connectivity index (χ3n) is 3.97. The van der Waals surface area contributed by atoms with Crippen molar-refractivity contribution < 1.29 is 9.90 Å². The van der Waals surface area contributed by atoms with E-state index in [9.17, 15) is 9.90 Å². The third kappa shape index (κ3) is 4.28. The van der Waals surface area contributed by atoms with Crippen LogP contribution in [-0.4, -0.2) is 38.9 Å². The summed E-state index contributed by atoms with van der Waals surface area (Å²) in [5, 5.41) is 17.1. The number of carbonyl (C=O) groups excluding carboxylic acids is 1. The largest absolute Gasteiger partial charge is 0.396 e. The molecule has 0 aliphatic rings.